The number of aryl methyl sites for hydroxylation is 1. The van der Waals surface area contributed by atoms with E-state index in [1.54, 1.807) is 7.05 Å². The number of nitrogens with zero attached hydrogens (tertiary/aromatic N) is 2. The predicted octanol–water partition coefficient (Wildman–Crippen LogP) is 1.25. The number of rotatable bonds is 5. The van der Waals surface area contributed by atoms with Crippen LogP contribution in [-0.2, 0) is 7.05 Å². The first kappa shape index (κ1) is 14.0. The van der Waals surface area contributed by atoms with Crippen LogP contribution in [0.5, 0.6) is 0 Å². The monoisotopic (exact) mass is 259 g/mol. The van der Waals surface area contributed by atoms with Crippen LogP contribution < -0.4 is 10.9 Å². The number of aliphatic hydroxyl groups is 1. The Morgan fingerprint density at radius 2 is 2.24 bits per heavy atom. The number of aliphatic hydroxyl groups excluding tert-OH is 1. The maximum atomic E-state index is 11.5. The first-order valence-electron chi connectivity index (χ1n) is 5.44. The lowest BCUT2D eigenvalue weighted by molar-refractivity contribution is 0.220. The first-order chi connectivity index (χ1) is 7.87. The summed E-state index contributed by atoms with van der Waals surface area (Å²) in [5.41, 5.74) is 0.136. The van der Waals surface area contributed by atoms with Crippen LogP contribution in [0, 0.1) is 5.41 Å². The van der Waals surface area contributed by atoms with E-state index in [4.69, 9.17) is 16.7 Å². The topological polar surface area (TPSA) is 67.2 Å². The zero-order chi connectivity index (χ0) is 13.1. The quantitative estimate of drug-likeness (QED) is 0.835. The van der Waals surface area contributed by atoms with Crippen molar-refractivity contribution in [1.29, 1.82) is 0 Å². The molecule has 96 valence electrons. The number of halogens is 1. The number of hydrogen-bond acceptors (Lipinski definition) is 4. The van der Waals surface area contributed by atoms with Crippen LogP contribution >= 0.6 is 11.6 Å². The van der Waals surface area contributed by atoms with E-state index in [0.29, 0.717) is 18.7 Å². The van der Waals surface area contributed by atoms with E-state index < -0.39 is 0 Å². The molecule has 0 aliphatic carbocycles. The lowest BCUT2D eigenvalue weighted by atomic mass is 9.90. The summed E-state index contributed by atoms with van der Waals surface area (Å²) in [5, 5.41) is 16.0. The third-order valence-corrected chi connectivity index (χ3v) is 2.99. The second-order valence-electron chi connectivity index (χ2n) is 4.79. The summed E-state index contributed by atoms with van der Waals surface area (Å²) in [4.78, 5) is 11.5. The summed E-state index contributed by atoms with van der Waals surface area (Å²) in [6.07, 6.45) is 2.20. The molecule has 1 aromatic rings. The van der Waals surface area contributed by atoms with E-state index in [1.807, 2.05) is 13.8 Å². The normalized spacial score (nSPS) is 11.6. The Hall–Kier alpha value is -1.07. The third-order valence-electron chi connectivity index (χ3n) is 2.62. The van der Waals surface area contributed by atoms with E-state index >= 15 is 0 Å². The van der Waals surface area contributed by atoms with E-state index in [0.717, 1.165) is 0 Å². The molecule has 1 heterocycles. The Balaban J connectivity index is 2.77. The number of anilines is 1. The Bertz CT molecular complexity index is 443. The smallest absolute Gasteiger partial charge is 0.287 e. The van der Waals surface area contributed by atoms with Crippen LogP contribution in [0.25, 0.3) is 0 Å². The molecule has 0 atom stereocenters. The molecule has 0 amide bonds. The molecule has 0 fully saturated rings. The Labute approximate surface area is 105 Å². The maximum Gasteiger partial charge on any atom is 0.287 e. The summed E-state index contributed by atoms with van der Waals surface area (Å²) in [7, 11) is 1.55. The van der Waals surface area contributed by atoms with Crippen molar-refractivity contribution in [2.24, 2.45) is 12.5 Å². The minimum absolute atomic E-state index is 0.0703. The molecule has 0 spiro atoms. The van der Waals surface area contributed by atoms with Crippen LogP contribution in [-0.4, -0.2) is 28.0 Å². The largest absolute Gasteiger partial charge is 0.396 e. The van der Waals surface area contributed by atoms with Crippen molar-refractivity contribution in [1.82, 2.24) is 9.78 Å². The van der Waals surface area contributed by atoms with Gasteiger partial charge in [0, 0.05) is 20.2 Å². The molecule has 0 bridgehead atoms. The fourth-order valence-electron chi connectivity index (χ4n) is 1.36. The lowest BCUT2D eigenvalue weighted by Crippen LogP contribution is -2.26. The van der Waals surface area contributed by atoms with E-state index in [1.165, 1.54) is 10.9 Å². The van der Waals surface area contributed by atoms with Crippen LogP contribution in [0.2, 0.25) is 5.02 Å². The average Bonchev–Trinajstić information content (AvgIpc) is 2.25. The zero-order valence-electron chi connectivity index (χ0n) is 10.3. The Morgan fingerprint density at radius 3 is 2.82 bits per heavy atom. The van der Waals surface area contributed by atoms with Gasteiger partial charge in [-0.05, 0) is 11.8 Å². The second kappa shape index (κ2) is 5.51. The molecule has 0 aliphatic rings. The van der Waals surface area contributed by atoms with Gasteiger partial charge in [-0.2, -0.15) is 5.10 Å². The van der Waals surface area contributed by atoms with Gasteiger partial charge in [0.15, 0.2) is 0 Å². The maximum absolute atomic E-state index is 11.5. The lowest BCUT2D eigenvalue weighted by Gasteiger charge is -2.24. The van der Waals surface area contributed by atoms with Gasteiger partial charge in [0.1, 0.15) is 5.02 Å². The van der Waals surface area contributed by atoms with Gasteiger partial charge in [-0.25, -0.2) is 4.68 Å². The van der Waals surface area contributed by atoms with Crippen LogP contribution in [0.4, 0.5) is 5.69 Å². The van der Waals surface area contributed by atoms with Gasteiger partial charge in [0.25, 0.3) is 5.56 Å². The predicted molar refractivity (Wildman–Crippen MR) is 68.5 cm³/mol. The highest BCUT2D eigenvalue weighted by molar-refractivity contribution is 6.32. The molecule has 1 rings (SSSR count). The molecule has 5 nitrogen and oxygen atoms in total. The van der Waals surface area contributed by atoms with E-state index in [-0.39, 0.29) is 22.6 Å². The third kappa shape index (κ3) is 3.71. The summed E-state index contributed by atoms with van der Waals surface area (Å²) in [5.74, 6) is 0. The van der Waals surface area contributed by atoms with Crippen LogP contribution in [0.3, 0.4) is 0 Å². The molecule has 17 heavy (non-hydrogen) atoms. The van der Waals surface area contributed by atoms with Gasteiger partial charge < -0.3 is 10.4 Å². The average molecular weight is 260 g/mol. The van der Waals surface area contributed by atoms with E-state index in [9.17, 15) is 4.79 Å². The molecule has 6 heteroatoms. The molecular weight excluding hydrogens is 242 g/mol. The van der Waals surface area contributed by atoms with Crippen LogP contribution in [0.1, 0.15) is 20.3 Å². The summed E-state index contributed by atoms with van der Waals surface area (Å²) in [6.45, 7) is 4.80. The van der Waals surface area contributed by atoms with Crippen molar-refractivity contribution < 1.29 is 5.11 Å². The molecule has 2 N–H and O–H groups in total. The Kier molecular flexibility index (Phi) is 4.54. The molecule has 1 aromatic heterocycles. The van der Waals surface area contributed by atoms with Gasteiger partial charge in [0.05, 0.1) is 11.9 Å². The van der Waals surface area contributed by atoms with Crippen LogP contribution in [0.15, 0.2) is 11.0 Å². The van der Waals surface area contributed by atoms with Crippen molar-refractivity contribution in [3.05, 3.63) is 21.6 Å². The number of hydrogen-bond donors (Lipinski definition) is 2. The summed E-state index contributed by atoms with van der Waals surface area (Å²) >= 11 is 5.92. The molecular formula is C11H18ClN3O2. The minimum atomic E-state index is -0.323. The summed E-state index contributed by atoms with van der Waals surface area (Å²) in [6, 6.07) is 0. The minimum Gasteiger partial charge on any atom is -0.396 e. The SMILES string of the molecule is Cn1ncc(NCC(C)(C)CCO)c(Cl)c1=O. The highest BCUT2D eigenvalue weighted by Gasteiger charge is 2.18. The molecule has 0 unspecified atom stereocenters. The van der Waals surface area contributed by atoms with Crippen molar-refractivity contribution in [2.45, 2.75) is 20.3 Å². The standard InChI is InChI=1S/C11H18ClN3O2/c1-11(2,4-5-16)7-13-8-6-14-15(3)10(17)9(8)12/h6,13,16H,4-5,7H2,1-3H3. The number of nitrogens with one attached hydrogen (secondary N) is 1. The molecule has 0 aromatic carbocycles. The van der Waals surface area contributed by atoms with Gasteiger partial charge in [-0.15, -0.1) is 0 Å². The highest BCUT2D eigenvalue weighted by atomic mass is 35.5. The Morgan fingerprint density at radius 1 is 1.59 bits per heavy atom. The first-order valence-corrected chi connectivity index (χ1v) is 5.82. The second-order valence-corrected chi connectivity index (χ2v) is 5.17. The van der Waals surface area contributed by atoms with Gasteiger partial charge in [0.2, 0.25) is 0 Å². The molecule has 0 saturated carbocycles. The van der Waals surface area contributed by atoms with Crippen molar-refractivity contribution >= 4 is 17.3 Å². The van der Waals surface area contributed by atoms with E-state index in [2.05, 4.69) is 10.4 Å². The molecule has 0 aliphatic heterocycles. The number of aromatic nitrogens is 2. The van der Waals surface area contributed by atoms with Crippen molar-refractivity contribution in [3.63, 3.8) is 0 Å². The highest BCUT2D eigenvalue weighted by Crippen LogP contribution is 2.22. The fraction of sp³-hybridized carbons (Fsp3) is 0.636. The molecule has 0 radical (unpaired) electrons. The van der Waals surface area contributed by atoms with Crippen molar-refractivity contribution in [2.75, 3.05) is 18.5 Å². The summed E-state index contributed by atoms with van der Waals surface area (Å²) < 4.78 is 1.19. The van der Waals surface area contributed by atoms with Gasteiger partial charge in [-0.1, -0.05) is 25.4 Å². The van der Waals surface area contributed by atoms with Crippen molar-refractivity contribution in [3.8, 4) is 0 Å². The van der Waals surface area contributed by atoms with Gasteiger partial charge >= 0.3 is 0 Å². The fourth-order valence-corrected chi connectivity index (χ4v) is 1.60. The molecule has 0 saturated heterocycles. The zero-order valence-corrected chi connectivity index (χ0v) is 11.1. The van der Waals surface area contributed by atoms with Gasteiger partial charge in [-0.3, -0.25) is 4.79 Å².